The van der Waals surface area contributed by atoms with Crippen molar-refractivity contribution in [2.24, 2.45) is 0 Å². The van der Waals surface area contributed by atoms with Gasteiger partial charge in [0.15, 0.2) is 11.5 Å². The number of carbonyl (C=O) groups is 1. The topological polar surface area (TPSA) is 121 Å². The molecule has 158 valence electrons. The van der Waals surface area contributed by atoms with E-state index >= 15 is 0 Å². The molecule has 0 radical (unpaired) electrons. The Balaban J connectivity index is 1.53. The fraction of sp³-hybridized carbons (Fsp3) is 0.143. The van der Waals surface area contributed by atoms with Crippen molar-refractivity contribution in [1.82, 2.24) is 20.0 Å². The quantitative estimate of drug-likeness (QED) is 0.489. The van der Waals surface area contributed by atoms with Crippen LogP contribution in [-0.2, 0) is 6.54 Å². The minimum atomic E-state index is -0.662. The third-order valence-electron chi connectivity index (χ3n) is 4.64. The van der Waals surface area contributed by atoms with Crippen LogP contribution in [0.4, 0.5) is 15.9 Å². The van der Waals surface area contributed by atoms with E-state index in [9.17, 15) is 9.18 Å². The van der Waals surface area contributed by atoms with Crippen LogP contribution in [-0.4, -0.2) is 33.0 Å². The van der Waals surface area contributed by atoms with Crippen LogP contribution in [0.3, 0.4) is 0 Å². The van der Waals surface area contributed by atoms with Gasteiger partial charge in [0.25, 0.3) is 5.91 Å². The van der Waals surface area contributed by atoms with Crippen LogP contribution in [0.15, 0.2) is 52.9 Å². The minimum Gasteiger partial charge on any atom is -0.497 e. The fourth-order valence-electron chi connectivity index (χ4n) is 2.92. The lowest BCUT2D eigenvalue weighted by Crippen LogP contribution is -2.16. The van der Waals surface area contributed by atoms with Gasteiger partial charge in [-0.15, -0.1) is 5.10 Å². The number of amides is 1. The minimum absolute atomic E-state index is 0.0259. The summed E-state index contributed by atoms with van der Waals surface area (Å²) in [5.41, 5.74) is 7.34. The van der Waals surface area contributed by atoms with Gasteiger partial charge in [0.1, 0.15) is 23.0 Å². The van der Waals surface area contributed by atoms with Crippen molar-refractivity contribution in [3.8, 4) is 17.2 Å². The second kappa shape index (κ2) is 8.27. The Bertz CT molecular complexity index is 1230. The molecular formula is C21H19FN6O3. The average Bonchev–Trinajstić information content (AvgIpc) is 3.32. The number of aryl methyl sites for hydroxylation is 1. The third-order valence-corrected chi connectivity index (χ3v) is 4.64. The zero-order valence-corrected chi connectivity index (χ0v) is 16.8. The van der Waals surface area contributed by atoms with E-state index in [-0.39, 0.29) is 23.7 Å². The molecule has 1 amide bonds. The first kappa shape index (κ1) is 20.1. The summed E-state index contributed by atoms with van der Waals surface area (Å²) in [5, 5.41) is 10.2. The van der Waals surface area contributed by atoms with Crippen molar-refractivity contribution in [3.05, 3.63) is 71.5 Å². The zero-order chi connectivity index (χ0) is 22.0. The van der Waals surface area contributed by atoms with Crippen LogP contribution in [0, 0.1) is 12.7 Å². The van der Waals surface area contributed by atoms with E-state index in [1.54, 1.807) is 20.1 Å². The largest absolute Gasteiger partial charge is 0.497 e. The number of benzene rings is 2. The molecule has 0 aliphatic carbocycles. The Kier molecular flexibility index (Phi) is 5.35. The SMILES string of the molecule is COc1ccc(-c2nc(Cn3nnc(C(=O)Nc4ccccc4F)c3N)c(C)o2)cc1. The molecule has 0 aliphatic rings. The van der Waals surface area contributed by atoms with E-state index in [0.717, 1.165) is 11.3 Å². The number of hydrogen-bond donors (Lipinski definition) is 2. The van der Waals surface area contributed by atoms with Gasteiger partial charge in [-0.3, -0.25) is 4.79 Å². The molecule has 0 fully saturated rings. The van der Waals surface area contributed by atoms with Crippen LogP contribution < -0.4 is 15.8 Å². The Morgan fingerprint density at radius 3 is 2.68 bits per heavy atom. The van der Waals surface area contributed by atoms with E-state index in [1.807, 2.05) is 24.3 Å². The summed E-state index contributed by atoms with van der Waals surface area (Å²) in [6.45, 7) is 1.92. The second-order valence-electron chi connectivity index (χ2n) is 6.67. The molecule has 2 aromatic carbocycles. The zero-order valence-electron chi connectivity index (χ0n) is 16.8. The lowest BCUT2D eigenvalue weighted by molar-refractivity contribution is 0.102. The number of methoxy groups -OCH3 is 1. The number of nitrogens with zero attached hydrogens (tertiary/aromatic N) is 4. The molecule has 10 heteroatoms. The summed E-state index contributed by atoms with van der Waals surface area (Å²) < 4.78 is 26.0. The molecule has 0 saturated heterocycles. The number of nitrogen functional groups attached to an aromatic ring is 1. The summed E-state index contributed by atoms with van der Waals surface area (Å²) in [5.74, 6) is 0.547. The Hall–Kier alpha value is -4.21. The second-order valence-corrected chi connectivity index (χ2v) is 6.67. The van der Waals surface area contributed by atoms with E-state index in [4.69, 9.17) is 14.9 Å². The molecule has 4 aromatic rings. The molecule has 3 N–H and O–H groups in total. The molecule has 0 spiro atoms. The van der Waals surface area contributed by atoms with Gasteiger partial charge in [0, 0.05) is 5.56 Å². The standard InChI is InChI=1S/C21H19FN6O3/c1-12-17(25-21(31-12)13-7-9-14(30-2)10-8-13)11-28-19(23)18(26-27-28)20(29)24-16-6-4-3-5-15(16)22/h3-10H,11,23H2,1-2H3,(H,24,29). The summed E-state index contributed by atoms with van der Waals surface area (Å²) in [6, 6.07) is 13.1. The highest BCUT2D eigenvalue weighted by molar-refractivity contribution is 6.05. The van der Waals surface area contributed by atoms with Crippen molar-refractivity contribution in [3.63, 3.8) is 0 Å². The number of rotatable bonds is 6. The summed E-state index contributed by atoms with van der Waals surface area (Å²) in [7, 11) is 1.59. The highest BCUT2D eigenvalue weighted by Crippen LogP contribution is 2.25. The Morgan fingerprint density at radius 2 is 1.97 bits per heavy atom. The smallest absolute Gasteiger partial charge is 0.280 e. The molecule has 4 rings (SSSR count). The van der Waals surface area contributed by atoms with Crippen LogP contribution in [0.5, 0.6) is 5.75 Å². The van der Waals surface area contributed by atoms with Crippen molar-refractivity contribution in [1.29, 1.82) is 0 Å². The first-order chi connectivity index (χ1) is 15.0. The number of oxazole rings is 1. The number of anilines is 2. The maximum atomic E-state index is 13.8. The predicted molar refractivity (Wildman–Crippen MR) is 111 cm³/mol. The van der Waals surface area contributed by atoms with Crippen molar-refractivity contribution in [2.75, 3.05) is 18.2 Å². The van der Waals surface area contributed by atoms with Gasteiger partial charge in [-0.05, 0) is 43.3 Å². The van der Waals surface area contributed by atoms with Crippen molar-refractivity contribution in [2.45, 2.75) is 13.5 Å². The van der Waals surface area contributed by atoms with Gasteiger partial charge < -0.3 is 20.2 Å². The fourth-order valence-corrected chi connectivity index (χ4v) is 2.92. The number of nitrogens with two attached hydrogens (primary N) is 1. The van der Waals surface area contributed by atoms with Gasteiger partial charge in [0.05, 0.1) is 19.3 Å². The van der Waals surface area contributed by atoms with E-state index in [1.165, 1.54) is 22.9 Å². The lowest BCUT2D eigenvalue weighted by Gasteiger charge is -2.05. The van der Waals surface area contributed by atoms with Crippen LogP contribution >= 0.6 is 0 Å². The Labute approximate surface area is 176 Å². The maximum Gasteiger partial charge on any atom is 0.280 e. The molecule has 9 nitrogen and oxygen atoms in total. The van der Waals surface area contributed by atoms with Crippen LogP contribution in [0.1, 0.15) is 21.9 Å². The molecule has 0 bridgehead atoms. The normalized spacial score (nSPS) is 10.8. The number of hydrogen-bond acceptors (Lipinski definition) is 7. The molecule has 2 heterocycles. The van der Waals surface area contributed by atoms with Crippen molar-refractivity contribution >= 4 is 17.4 Å². The highest BCUT2D eigenvalue weighted by Gasteiger charge is 2.20. The average molecular weight is 422 g/mol. The number of para-hydroxylation sites is 1. The number of halogens is 1. The molecule has 0 aliphatic heterocycles. The van der Waals surface area contributed by atoms with Gasteiger partial charge in [-0.2, -0.15) is 0 Å². The van der Waals surface area contributed by atoms with E-state index in [2.05, 4.69) is 20.6 Å². The van der Waals surface area contributed by atoms with Gasteiger partial charge in [0.2, 0.25) is 5.89 Å². The molecule has 31 heavy (non-hydrogen) atoms. The molecule has 0 unspecified atom stereocenters. The molecule has 0 saturated carbocycles. The first-order valence-corrected chi connectivity index (χ1v) is 9.32. The summed E-state index contributed by atoms with van der Waals surface area (Å²) in [6.07, 6.45) is 0. The maximum absolute atomic E-state index is 13.8. The summed E-state index contributed by atoms with van der Waals surface area (Å²) in [4.78, 5) is 16.9. The highest BCUT2D eigenvalue weighted by atomic mass is 19.1. The predicted octanol–water partition coefficient (Wildman–Crippen LogP) is 3.27. The monoisotopic (exact) mass is 422 g/mol. The lowest BCUT2D eigenvalue weighted by atomic mass is 10.2. The van der Waals surface area contributed by atoms with Crippen LogP contribution in [0.25, 0.3) is 11.5 Å². The number of nitrogens with one attached hydrogen (secondary N) is 1. The van der Waals surface area contributed by atoms with Crippen molar-refractivity contribution < 1.29 is 18.3 Å². The van der Waals surface area contributed by atoms with E-state index < -0.39 is 11.7 Å². The van der Waals surface area contributed by atoms with E-state index in [0.29, 0.717) is 17.3 Å². The van der Waals surface area contributed by atoms with Crippen LogP contribution in [0.2, 0.25) is 0 Å². The molecule has 2 aromatic heterocycles. The van der Waals surface area contributed by atoms with Gasteiger partial charge in [-0.1, -0.05) is 17.3 Å². The number of carbonyl (C=O) groups excluding carboxylic acids is 1. The number of ether oxygens (including phenoxy) is 1. The molecular weight excluding hydrogens is 403 g/mol. The summed E-state index contributed by atoms with van der Waals surface area (Å²) >= 11 is 0. The first-order valence-electron chi connectivity index (χ1n) is 9.32. The van der Waals surface area contributed by atoms with Gasteiger partial charge >= 0.3 is 0 Å². The number of aromatic nitrogens is 4. The third kappa shape index (κ3) is 4.08. The molecule has 0 atom stereocenters. The van der Waals surface area contributed by atoms with Gasteiger partial charge in [-0.25, -0.2) is 14.1 Å². The Morgan fingerprint density at radius 1 is 1.23 bits per heavy atom.